The van der Waals surface area contributed by atoms with Crippen LogP contribution in [0.4, 0.5) is 0 Å². The molecule has 3 heteroatoms. The van der Waals surface area contributed by atoms with Crippen molar-refractivity contribution in [2.75, 3.05) is 0 Å². The molecule has 0 aromatic heterocycles. The highest BCUT2D eigenvalue weighted by molar-refractivity contribution is 5.97. The summed E-state index contributed by atoms with van der Waals surface area (Å²) in [6.07, 6.45) is 3.01. The van der Waals surface area contributed by atoms with E-state index in [4.69, 9.17) is 0 Å². The number of esters is 2. The summed E-state index contributed by atoms with van der Waals surface area (Å²) in [7, 11) is 0. The van der Waals surface area contributed by atoms with Gasteiger partial charge in [0.05, 0.1) is 11.8 Å². The van der Waals surface area contributed by atoms with E-state index in [2.05, 4.69) is 11.3 Å². The van der Waals surface area contributed by atoms with Crippen molar-refractivity contribution in [2.45, 2.75) is 26.2 Å². The molecule has 1 aliphatic heterocycles. The molecule has 0 aromatic rings. The first-order valence-corrected chi connectivity index (χ1v) is 4.00. The highest BCUT2D eigenvalue weighted by Gasteiger charge is 2.46. The zero-order chi connectivity index (χ0) is 9.19. The van der Waals surface area contributed by atoms with E-state index in [1.165, 1.54) is 0 Å². The molecule has 0 saturated carbocycles. The maximum absolute atomic E-state index is 11.2. The van der Waals surface area contributed by atoms with Crippen LogP contribution in [-0.2, 0) is 14.3 Å². The molecule has 12 heavy (non-hydrogen) atoms. The molecule has 66 valence electrons. The van der Waals surface area contributed by atoms with E-state index in [1.54, 1.807) is 6.08 Å². The van der Waals surface area contributed by atoms with Gasteiger partial charge in [-0.25, -0.2) is 0 Å². The monoisotopic (exact) mass is 168 g/mol. The molecule has 1 rings (SSSR count). The van der Waals surface area contributed by atoms with Gasteiger partial charge in [0.15, 0.2) is 0 Å². The fourth-order valence-electron chi connectivity index (χ4n) is 1.44. The Labute approximate surface area is 71.4 Å². The van der Waals surface area contributed by atoms with Crippen molar-refractivity contribution in [2.24, 2.45) is 5.41 Å². The van der Waals surface area contributed by atoms with E-state index in [0.29, 0.717) is 12.8 Å². The summed E-state index contributed by atoms with van der Waals surface area (Å²) in [5.41, 5.74) is -0.612. The Hall–Kier alpha value is -1.12. The molecule has 0 radical (unpaired) electrons. The molecule has 1 aliphatic rings. The third-order valence-electron chi connectivity index (χ3n) is 2.33. The average Bonchev–Trinajstić information content (AvgIpc) is 2.28. The lowest BCUT2D eigenvalue weighted by Crippen LogP contribution is -2.24. The van der Waals surface area contributed by atoms with Gasteiger partial charge in [0, 0.05) is 0 Å². The molecule has 0 amide bonds. The van der Waals surface area contributed by atoms with Crippen LogP contribution in [0.15, 0.2) is 12.7 Å². The third kappa shape index (κ3) is 1.26. The van der Waals surface area contributed by atoms with Crippen molar-refractivity contribution >= 4 is 11.9 Å². The van der Waals surface area contributed by atoms with Crippen molar-refractivity contribution in [3.8, 4) is 0 Å². The number of ether oxygens (including phenoxy) is 1. The second-order valence-corrected chi connectivity index (χ2v) is 3.06. The van der Waals surface area contributed by atoms with E-state index in [9.17, 15) is 9.59 Å². The van der Waals surface area contributed by atoms with Crippen LogP contribution in [0.5, 0.6) is 0 Å². The number of cyclic esters (lactones) is 2. The summed E-state index contributed by atoms with van der Waals surface area (Å²) in [4.78, 5) is 22.1. The normalized spacial score (nSPS) is 28.8. The van der Waals surface area contributed by atoms with Crippen LogP contribution in [0.2, 0.25) is 0 Å². The second kappa shape index (κ2) is 3.09. The van der Waals surface area contributed by atoms with Gasteiger partial charge in [-0.2, -0.15) is 0 Å². The minimum atomic E-state index is -0.612. The average molecular weight is 168 g/mol. The number of carbonyl (C=O) groups excluding carboxylic acids is 2. The zero-order valence-electron chi connectivity index (χ0n) is 7.13. The van der Waals surface area contributed by atoms with Gasteiger partial charge in [0.25, 0.3) is 0 Å². The lowest BCUT2D eigenvalue weighted by atomic mass is 9.80. The first-order chi connectivity index (χ1) is 5.64. The summed E-state index contributed by atoms with van der Waals surface area (Å²) >= 11 is 0. The fourth-order valence-corrected chi connectivity index (χ4v) is 1.44. The molecule has 1 saturated heterocycles. The summed E-state index contributed by atoms with van der Waals surface area (Å²) < 4.78 is 4.50. The van der Waals surface area contributed by atoms with E-state index in [0.717, 1.165) is 0 Å². The molecule has 0 bridgehead atoms. The second-order valence-electron chi connectivity index (χ2n) is 3.06. The third-order valence-corrected chi connectivity index (χ3v) is 2.33. The first-order valence-electron chi connectivity index (χ1n) is 4.00. The predicted octanol–water partition coefficient (Wildman–Crippen LogP) is 1.43. The van der Waals surface area contributed by atoms with Gasteiger partial charge in [-0.05, 0) is 12.8 Å². The van der Waals surface area contributed by atoms with Crippen molar-refractivity contribution < 1.29 is 14.3 Å². The van der Waals surface area contributed by atoms with Gasteiger partial charge < -0.3 is 4.74 Å². The number of carbonyl (C=O) groups is 2. The van der Waals surface area contributed by atoms with E-state index in [-0.39, 0.29) is 6.42 Å². The highest BCUT2D eigenvalue weighted by atomic mass is 16.6. The largest absolute Gasteiger partial charge is 0.393 e. The smallest absolute Gasteiger partial charge is 0.320 e. The van der Waals surface area contributed by atoms with Crippen LogP contribution in [0.1, 0.15) is 26.2 Å². The number of allylic oxidation sites excluding steroid dienone is 1. The van der Waals surface area contributed by atoms with Gasteiger partial charge in [0.2, 0.25) is 0 Å². The van der Waals surface area contributed by atoms with Gasteiger partial charge >= 0.3 is 11.9 Å². The standard InChI is InChI=1S/C9H12O3/c1-3-5-9(4-2)6-7(10)12-8(9)11/h3H,1,4-6H2,2H3. The Bertz CT molecular complexity index is 232. The molecule has 0 aromatic carbocycles. The number of hydrogen-bond donors (Lipinski definition) is 0. The SMILES string of the molecule is C=CCC1(CC)CC(=O)OC1=O. The Kier molecular flexibility index (Phi) is 2.31. The molecular weight excluding hydrogens is 156 g/mol. The molecule has 0 spiro atoms. The Balaban J connectivity index is 2.85. The van der Waals surface area contributed by atoms with Crippen LogP contribution in [0, 0.1) is 5.41 Å². The fraction of sp³-hybridized carbons (Fsp3) is 0.556. The molecule has 0 N–H and O–H groups in total. The number of hydrogen-bond acceptors (Lipinski definition) is 3. The quantitative estimate of drug-likeness (QED) is 0.364. The summed E-state index contributed by atoms with van der Waals surface area (Å²) in [6.45, 7) is 5.44. The molecule has 1 heterocycles. The predicted molar refractivity (Wildman–Crippen MR) is 43.3 cm³/mol. The van der Waals surface area contributed by atoms with E-state index >= 15 is 0 Å². The minimum Gasteiger partial charge on any atom is -0.393 e. The Morgan fingerprint density at radius 2 is 2.33 bits per heavy atom. The van der Waals surface area contributed by atoms with E-state index < -0.39 is 17.4 Å². The van der Waals surface area contributed by atoms with Gasteiger partial charge in [0.1, 0.15) is 0 Å². The molecule has 1 atom stereocenters. The van der Waals surface area contributed by atoms with Crippen LogP contribution in [0.25, 0.3) is 0 Å². The summed E-state index contributed by atoms with van der Waals surface area (Å²) in [5.74, 6) is -0.807. The molecule has 3 nitrogen and oxygen atoms in total. The van der Waals surface area contributed by atoms with Crippen LogP contribution in [0.3, 0.4) is 0 Å². The molecule has 1 unspecified atom stereocenters. The van der Waals surface area contributed by atoms with E-state index in [1.807, 2.05) is 6.92 Å². The molecule has 0 aliphatic carbocycles. The van der Waals surface area contributed by atoms with Crippen molar-refractivity contribution in [3.05, 3.63) is 12.7 Å². The molecular formula is C9H12O3. The van der Waals surface area contributed by atoms with Gasteiger partial charge in [-0.1, -0.05) is 13.0 Å². The lowest BCUT2D eigenvalue weighted by Gasteiger charge is -2.18. The van der Waals surface area contributed by atoms with Crippen molar-refractivity contribution in [1.82, 2.24) is 0 Å². The van der Waals surface area contributed by atoms with Gasteiger partial charge in [-0.3, -0.25) is 9.59 Å². The summed E-state index contributed by atoms with van der Waals surface area (Å²) in [6, 6.07) is 0. The first kappa shape index (κ1) is 8.97. The minimum absolute atomic E-state index is 0.203. The van der Waals surface area contributed by atoms with Crippen LogP contribution in [-0.4, -0.2) is 11.9 Å². The molecule has 1 fully saturated rings. The Morgan fingerprint density at radius 1 is 1.67 bits per heavy atom. The maximum atomic E-state index is 11.2. The van der Waals surface area contributed by atoms with Crippen LogP contribution >= 0.6 is 0 Å². The Morgan fingerprint density at radius 3 is 2.67 bits per heavy atom. The summed E-state index contributed by atoms with van der Waals surface area (Å²) in [5, 5.41) is 0. The van der Waals surface area contributed by atoms with Crippen molar-refractivity contribution in [1.29, 1.82) is 0 Å². The lowest BCUT2D eigenvalue weighted by molar-refractivity contribution is -0.155. The topological polar surface area (TPSA) is 43.4 Å². The maximum Gasteiger partial charge on any atom is 0.320 e. The number of rotatable bonds is 3. The zero-order valence-corrected chi connectivity index (χ0v) is 7.13. The highest BCUT2D eigenvalue weighted by Crippen LogP contribution is 2.37. The van der Waals surface area contributed by atoms with Crippen molar-refractivity contribution in [3.63, 3.8) is 0 Å². The van der Waals surface area contributed by atoms with Gasteiger partial charge in [-0.15, -0.1) is 6.58 Å². The van der Waals surface area contributed by atoms with Crippen LogP contribution < -0.4 is 0 Å².